The van der Waals surface area contributed by atoms with Gasteiger partial charge in [-0.05, 0) is 47.5 Å². The van der Waals surface area contributed by atoms with E-state index in [1.54, 1.807) is 7.11 Å². The number of benzene rings is 3. The van der Waals surface area contributed by atoms with Gasteiger partial charge in [-0.1, -0.05) is 36.4 Å². The Morgan fingerprint density at radius 3 is 2.43 bits per heavy atom. The van der Waals surface area contributed by atoms with Crippen molar-refractivity contribution in [1.82, 2.24) is 4.90 Å². The van der Waals surface area contributed by atoms with Gasteiger partial charge in [0, 0.05) is 24.2 Å². The van der Waals surface area contributed by atoms with E-state index in [-0.39, 0.29) is 25.2 Å². The lowest BCUT2D eigenvalue weighted by Crippen LogP contribution is -2.35. The lowest BCUT2D eigenvalue weighted by atomic mass is 9.82. The van der Waals surface area contributed by atoms with Gasteiger partial charge >= 0.3 is 5.97 Å². The molecule has 3 atom stereocenters. The molecule has 2 aliphatic heterocycles. The van der Waals surface area contributed by atoms with Crippen LogP contribution in [0.3, 0.4) is 0 Å². The summed E-state index contributed by atoms with van der Waals surface area (Å²) in [5.41, 5.74) is 2.35. The quantitative estimate of drug-likeness (QED) is 0.536. The lowest BCUT2D eigenvalue weighted by Gasteiger charge is -2.27. The first kappa shape index (κ1) is 22.7. The Bertz CT molecular complexity index is 1210. The standard InChI is InChI=1S/C27H26N2O6/c1-33-20-10-7-17(8-11-20)26-25(27(31)32)21(18-9-12-22-23(13-18)35-16-34-22)14-29(26)15-24(30)28-19-5-3-2-4-6-19/h2-13,21,25-26H,14-16H2,1H3,(H,28,30)(H,31,32)/t21-,25+,26-/m1/s1. The van der Waals surface area contributed by atoms with Crippen molar-refractivity contribution in [2.75, 3.05) is 32.3 Å². The molecule has 2 aliphatic rings. The first-order chi connectivity index (χ1) is 17.0. The van der Waals surface area contributed by atoms with E-state index in [0.717, 1.165) is 11.1 Å². The summed E-state index contributed by atoms with van der Waals surface area (Å²) in [5, 5.41) is 13.3. The van der Waals surface area contributed by atoms with E-state index in [9.17, 15) is 14.7 Å². The minimum atomic E-state index is -0.917. The number of likely N-dealkylation sites (tertiary alicyclic amines) is 1. The summed E-state index contributed by atoms with van der Waals surface area (Å²) in [6.07, 6.45) is 0. The van der Waals surface area contributed by atoms with Crippen molar-refractivity contribution in [1.29, 1.82) is 0 Å². The molecule has 180 valence electrons. The average Bonchev–Trinajstić information content (AvgIpc) is 3.49. The fourth-order valence-electron chi connectivity index (χ4n) is 4.98. The fraction of sp³-hybridized carbons (Fsp3) is 0.259. The second-order valence-electron chi connectivity index (χ2n) is 8.64. The molecule has 35 heavy (non-hydrogen) atoms. The normalized spacial score (nSPS) is 21.0. The van der Waals surface area contributed by atoms with Gasteiger partial charge in [0.2, 0.25) is 12.7 Å². The van der Waals surface area contributed by atoms with E-state index >= 15 is 0 Å². The van der Waals surface area contributed by atoms with Crippen molar-refractivity contribution in [3.05, 3.63) is 83.9 Å². The predicted molar refractivity (Wildman–Crippen MR) is 129 cm³/mol. The number of hydrogen-bond acceptors (Lipinski definition) is 6. The maximum absolute atomic E-state index is 13.0. The van der Waals surface area contributed by atoms with Gasteiger partial charge in [0.05, 0.1) is 19.6 Å². The molecule has 8 nitrogen and oxygen atoms in total. The largest absolute Gasteiger partial charge is 0.497 e. The molecule has 3 aromatic carbocycles. The summed E-state index contributed by atoms with van der Waals surface area (Å²) in [7, 11) is 1.58. The summed E-state index contributed by atoms with van der Waals surface area (Å²) in [6.45, 7) is 0.595. The Labute approximate surface area is 203 Å². The fourth-order valence-corrected chi connectivity index (χ4v) is 4.98. The van der Waals surface area contributed by atoms with E-state index in [4.69, 9.17) is 14.2 Å². The van der Waals surface area contributed by atoms with E-state index in [1.165, 1.54) is 0 Å². The van der Waals surface area contributed by atoms with Gasteiger partial charge < -0.3 is 24.6 Å². The number of carbonyl (C=O) groups is 2. The summed E-state index contributed by atoms with van der Waals surface area (Å²) in [4.78, 5) is 27.5. The molecule has 0 unspecified atom stereocenters. The smallest absolute Gasteiger partial charge is 0.309 e. The molecule has 1 amide bonds. The van der Waals surface area contributed by atoms with Crippen LogP contribution >= 0.6 is 0 Å². The van der Waals surface area contributed by atoms with Crippen LogP contribution in [0.25, 0.3) is 0 Å². The number of para-hydroxylation sites is 1. The van der Waals surface area contributed by atoms with Gasteiger partial charge in [-0.2, -0.15) is 0 Å². The molecule has 5 rings (SSSR count). The van der Waals surface area contributed by atoms with E-state index in [1.807, 2.05) is 77.7 Å². The Morgan fingerprint density at radius 2 is 1.71 bits per heavy atom. The maximum Gasteiger partial charge on any atom is 0.309 e. The number of aliphatic carboxylic acids is 1. The highest BCUT2D eigenvalue weighted by Crippen LogP contribution is 2.47. The first-order valence-electron chi connectivity index (χ1n) is 11.4. The van der Waals surface area contributed by atoms with Crippen molar-refractivity contribution in [2.45, 2.75) is 12.0 Å². The minimum Gasteiger partial charge on any atom is -0.497 e. The molecule has 3 aromatic rings. The molecule has 1 saturated heterocycles. The van der Waals surface area contributed by atoms with E-state index in [0.29, 0.717) is 29.5 Å². The number of nitrogens with zero attached hydrogens (tertiary/aromatic N) is 1. The van der Waals surface area contributed by atoms with Crippen LogP contribution < -0.4 is 19.5 Å². The van der Waals surface area contributed by atoms with Crippen LogP contribution in [0.2, 0.25) is 0 Å². The van der Waals surface area contributed by atoms with Crippen LogP contribution in [-0.2, 0) is 9.59 Å². The van der Waals surface area contributed by atoms with E-state index in [2.05, 4.69) is 5.32 Å². The van der Waals surface area contributed by atoms with Crippen molar-refractivity contribution in [3.8, 4) is 17.2 Å². The van der Waals surface area contributed by atoms with E-state index < -0.39 is 17.9 Å². The highest BCUT2D eigenvalue weighted by molar-refractivity contribution is 5.92. The van der Waals surface area contributed by atoms with Gasteiger partial charge in [0.25, 0.3) is 0 Å². The van der Waals surface area contributed by atoms with Crippen molar-refractivity contribution < 1.29 is 28.9 Å². The number of amides is 1. The molecular weight excluding hydrogens is 448 g/mol. The number of ether oxygens (including phenoxy) is 3. The molecule has 0 spiro atoms. The monoisotopic (exact) mass is 474 g/mol. The Kier molecular flexibility index (Phi) is 6.29. The summed E-state index contributed by atoms with van der Waals surface area (Å²) in [6, 6.07) is 21.6. The van der Waals surface area contributed by atoms with Gasteiger partial charge in [0.1, 0.15) is 5.75 Å². The average molecular weight is 475 g/mol. The zero-order valence-corrected chi connectivity index (χ0v) is 19.2. The third kappa shape index (κ3) is 4.65. The Hall–Kier alpha value is -4.04. The molecule has 8 heteroatoms. The van der Waals surface area contributed by atoms with Gasteiger partial charge in [-0.25, -0.2) is 0 Å². The Balaban J connectivity index is 1.48. The van der Waals surface area contributed by atoms with Gasteiger partial charge in [0.15, 0.2) is 11.5 Å². The zero-order valence-electron chi connectivity index (χ0n) is 19.2. The minimum absolute atomic E-state index is 0.0520. The number of carboxylic acid groups (broad SMARTS) is 1. The zero-order chi connectivity index (χ0) is 24.4. The Morgan fingerprint density at radius 1 is 1.00 bits per heavy atom. The molecule has 0 aromatic heterocycles. The van der Waals surface area contributed by atoms with Crippen LogP contribution in [0.5, 0.6) is 17.2 Å². The molecule has 0 aliphatic carbocycles. The summed E-state index contributed by atoms with van der Waals surface area (Å²) < 4.78 is 16.2. The van der Waals surface area contributed by atoms with Gasteiger partial charge in [-0.15, -0.1) is 0 Å². The predicted octanol–water partition coefficient (Wildman–Crippen LogP) is 3.90. The number of carboxylic acids is 1. The van der Waals surface area contributed by atoms with Crippen LogP contribution in [0.4, 0.5) is 5.69 Å². The number of methoxy groups -OCH3 is 1. The highest BCUT2D eigenvalue weighted by atomic mass is 16.7. The van der Waals surface area contributed by atoms with Crippen LogP contribution in [0.15, 0.2) is 72.8 Å². The number of carbonyl (C=O) groups excluding carboxylic acids is 1. The van der Waals surface area contributed by atoms with Gasteiger partial charge in [-0.3, -0.25) is 14.5 Å². The number of rotatable bonds is 7. The van der Waals surface area contributed by atoms with Crippen LogP contribution in [-0.4, -0.2) is 48.9 Å². The number of fused-ring (bicyclic) bond motifs is 1. The van der Waals surface area contributed by atoms with Crippen molar-refractivity contribution in [2.24, 2.45) is 5.92 Å². The molecule has 2 heterocycles. The maximum atomic E-state index is 13.0. The van der Waals surface area contributed by atoms with Crippen molar-refractivity contribution >= 4 is 17.6 Å². The summed E-state index contributed by atoms with van der Waals surface area (Å²) in [5.74, 6) is -0.312. The SMILES string of the molecule is COc1ccc([C@@H]2[C@@H](C(=O)O)[C@@H](c3ccc4c(c3)OCO4)CN2CC(=O)Nc2ccccc2)cc1. The second-order valence-corrected chi connectivity index (χ2v) is 8.64. The van der Waals surface area contributed by atoms with Crippen molar-refractivity contribution in [3.63, 3.8) is 0 Å². The number of nitrogens with one attached hydrogen (secondary N) is 1. The summed E-state index contributed by atoms with van der Waals surface area (Å²) >= 11 is 0. The highest BCUT2D eigenvalue weighted by Gasteiger charge is 2.48. The second kappa shape index (κ2) is 9.68. The molecule has 0 radical (unpaired) electrons. The molecule has 0 saturated carbocycles. The third-order valence-corrected chi connectivity index (χ3v) is 6.57. The van der Waals surface area contributed by atoms with Crippen LogP contribution in [0, 0.1) is 5.92 Å². The first-order valence-corrected chi connectivity index (χ1v) is 11.4. The van der Waals surface area contributed by atoms with Crippen LogP contribution in [0.1, 0.15) is 23.1 Å². The molecule has 0 bridgehead atoms. The molecular formula is C27H26N2O6. The lowest BCUT2D eigenvalue weighted by molar-refractivity contribution is -0.143. The third-order valence-electron chi connectivity index (χ3n) is 6.57. The topological polar surface area (TPSA) is 97.3 Å². The number of anilines is 1. The molecule has 1 fully saturated rings. The number of hydrogen-bond donors (Lipinski definition) is 2. The molecule has 2 N–H and O–H groups in total.